The molecule has 6 heteroatoms. The Morgan fingerprint density at radius 3 is 2.77 bits per heavy atom. The van der Waals surface area contributed by atoms with Crippen molar-refractivity contribution in [3.63, 3.8) is 0 Å². The SMILES string of the molecule is Cc1cc(C#N)ccc1NC(=O)C1CCN(CCc2ccc3c(c2)COC3=O)CC1. The van der Waals surface area contributed by atoms with E-state index in [0.717, 1.165) is 55.7 Å². The maximum Gasteiger partial charge on any atom is 0.338 e. The van der Waals surface area contributed by atoms with Gasteiger partial charge in [0.15, 0.2) is 0 Å². The fourth-order valence-electron chi connectivity index (χ4n) is 4.16. The van der Waals surface area contributed by atoms with Gasteiger partial charge in [-0.3, -0.25) is 4.79 Å². The molecule has 4 rings (SSSR count). The van der Waals surface area contributed by atoms with Crippen molar-refractivity contribution >= 4 is 17.6 Å². The van der Waals surface area contributed by atoms with Crippen LogP contribution in [0.4, 0.5) is 5.69 Å². The van der Waals surface area contributed by atoms with Crippen LogP contribution in [0.15, 0.2) is 36.4 Å². The van der Waals surface area contributed by atoms with Crippen LogP contribution in [0.1, 0.15) is 45.5 Å². The van der Waals surface area contributed by atoms with E-state index in [-0.39, 0.29) is 17.8 Å². The molecule has 1 N–H and O–H groups in total. The van der Waals surface area contributed by atoms with Gasteiger partial charge < -0.3 is 15.0 Å². The average molecular weight is 403 g/mol. The Kier molecular flexibility index (Phi) is 5.82. The van der Waals surface area contributed by atoms with Crippen LogP contribution in [0.3, 0.4) is 0 Å². The molecule has 0 atom stereocenters. The second kappa shape index (κ2) is 8.68. The number of anilines is 1. The van der Waals surface area contributed by atoms with Crippen LogP contribution in [0, 0.1) is 24.2 Å². The van der Waals surface area contributed by atoms with E-state index in [4.69, 9.17) is 10.00 Å². The Morgan fingerprint density at radius 1 is 1.23 bits per heavy atom. The molecule has 154 valence electrons. The summed E-state index contributed by atoms with van der Waals surface area (Å²) in [5.41, 5.74) is 5.15. The number of carbonyl (C=O) groups excluding carboxylic acids is 2. The normalized spacial score (nSPS) is 16.6. The smallest absolute Gasteiger partial charge is 0.338 e. The van der Waals surface area contributed by atoms with Crippen LogP contribution in [0.5, 0.6) is 0 Å². The molecule has 30 heavy (non-hydrogen) atoms. The number of nitrogens with zero attached hydrogens (tertiary/aromatic N) is 2. The van der Waals surface area contributed by atoms with Crippen LogP contribution < -0.4 is 5.32 Å². The van der Waals surface area contributed by atoms with Gasteiger partial charge >= 0.3 is 5.97 Å². The van der Waals surface area contributed by atoms with Crippen LogP contribution >= 0.6 is 0 Å². The number of benzene rings is 2. The summed E-state index contributed by atoms with van der Waals surface area (Å²) in [5.74, 6) is -0.154. The molecule has 0 radical (unpaired) electrons. The summed E-state index contributed by atoms with van der Waals surface area (Å²) in [4.78, 5) is 26.6. The number of cyclic esters (lactones) is 1. The second-order valence-corrected chi connectivity index (χ2v) is 8.06. The van der Waals surface area contributed by atoms with Crippen LogP contribution in [0.2, 0.25) is 0 Å². The molecular formula is C24H25N3O3. The van der Waals surface area contributed by atoms with Gasteiger partial charge in [-0.1, -0.05) is 12.1 Å². The monoisotopic (exact) mass is 403 g/mol. The number of hydrogen-bond donors (Lipinski definition) is 1. The van der Waals surface area contributed by atoms with Gasteiger partial charge in [-0.2, -0.15) is 5.26 Å². The number of amides is 1. The Balaban J connectivity index is 1.25. The molecule has 0 bridgehead atoms. The van der Waals surface area contributed by atoms with E-state index in [0.29, 0.717) is 17.7 Å². The zero-order valence-electron chi connectivity index (χ0n) is 17.1. The zero-order chi connectivity index (χ0) is 21.1. The lowest BCUT2D eigenvalue weighted by atomic mass is 9.95. The van der Waals surface area contributed by atoms with Crippen molar-refractivity contribution in [1.29, 1.82) is 5.26 Å². The van der Waals surface area contributed by atoms with Crippen molar-refractivity contribution in [2.24, 2.45) is 5.92 Å². The fourth-order valence-corrected chi connectivity index (χ4v) is 4.16. The Labute approximate surface area is 176 Å². The van der Waals surface area contributed by atoms with Gasteiger partial charge in [0.1, 0.15) is 6.61 Å². The largest absolute Gasteiger partial charge is 0.457 e. The van der Waals surface area contributed by atoms with Crippen LogP contribution in [-0.4, -0.2) is 36.4 Å². The number of aryl methyl sites for hydroxylation is 1. The third kappa shape index (κ3) is 4.37. The topological polar surface area (TPSA) is 82.4 Å². The van der Waals surface area contributed by atoms with Crippen molar-refractivity contribution in [1.82, 2.24) is 4.90 Å². The molecule has 1 amide bonds. The van der Waals surface area contributed by atoms with E-state index in [9.17, 15) is 9.59 Å². The maximum atomic E-state index is 12.7. The number of nitrogens with one attached hydrogen (secondary N) is 1. The first-order valence-corrected chi connectivity index (χ1v) is 10.4. The highest BCUT2D eigenvalue weighted by Gasteiger charge is 2.25. The van der Waals surface area contributed by atoms with Gasteiger partial charge in [-0.05, 0) is 74.7 Å². The molecule has 6 nitrogen and oxygen atoms in total. The molecule has 2 aliphatic rings. The number of fused-ring (bicyclic) bond motifs is 1. The molecule has 1 fully saturated rings. The van der Waals surface area contributed by atoms with E-state index in [1.807, 2.05) is 19.1 Å². The lowest BCUT2D eigenvalue weighted by Crippen LogP contribution is -2.39. The summed E-state index contributed by atoms with van der Waals surface area (Å²) in [5, 5.41) is 12.0. The van der Waals surface area contributed by atoms with Gasteiger partial charge in [0.25, 0.3) is 0 Å². The number of ether oxygens (including phenoxy) is 1. The average Bonchev–Trinajstić information content (AvgIpc) is 3.14. The molecular weight excluding hydrogens is 378 g/mol. The third-order valence-corrected chi connectivity index (χ3v) is 6.04. The van der Waals surface area contributed by atoms with Gasteiger partial charge in [0.05, 0.1) is 17.2 Å². The van der Waals surface area contributed by atoms with E-state index in [1.165, 1.54) is 5.56 Å². The second-order valence-electron chi connectivity index (χ2n) is 8.06. The van der Waals surface area contributed by atoms with Gasteiger partial charge in [-0.15, -0.1) is 0 Å². The van der Waals surface area contributed by atoms with Crippen molar-refractivity contribution in [3.8, 4) is 6.07 Å². The molecule has 2 aromatic rings. The first-order chi connectivity index (χ1) is 14.5. The molecule has 2 aromatic carbocycles. The lowest BCUT2D eigenvalue weighted by molar-refractivity contribution is -0.121. The van der Waals surface area contributed by atoms with Crippen molar-refractivity contribution in [2.45, 2.75) is 32.8 Å². The van der Waals surface area contributed by atoms with E-state index in [1.54, 1.807) is 18.2 Å². The number of piperidine rings is 1. The summed E-state index contributed by atoms with van der Waals surface area (Å²) >= 11 is 0. The lowest BCUT2D eigenvalue weighted by Gasteiger charge is -2.31. The van der Waals surface area contributed by atoms with Gasteiger partial charge in [0, 0.05) is 23.7 Å². The highest BCUT2D eigenvalue weighted by Crippen LogP contribution is 2.24. The summed E-state index contributed by atoms with van der Waals surface area (Å²) in [7, 11) is 0. The fraction of sp³-hybridized carbons (Fsp3) is 0.375. The van der Waals surface area contributed by atoms with Crippen molar-refractivity contribution in [3.05, 3.63) is 64.2 Å². The Morgan fingerprint density at radius 2 is 2.03 bits per heavy atom. The maximum absolute atomic E-state index is 12.7. The highest BCUT2D eigenvalue weighted by molar-refractivity contribution is 5.94. The number of rotatable bonds is 5. The standard InChI is InChI=1S/C24H25N3O3/c1-16-12-18(14-25)3-5-22(16)26-23(28)19-7-10-27(11-8-19)9-6-17-2-4-21-20(13-17)15-30-24(21)29/h2-5,12-13,19H,6-11,15H2,1H3,(H,26,28). The molecule has 2 aliphatic heterocycles. The minimum absolute atomic E-state index is 0.0134. The first kappa shape index (κ1) is 20.1. The number of nitriles is 1. The van der Waals surface area contributed by atoms with E-state index in [2.05, 4.69) is 22.4 Å². The summed E-state index contributed by atoms with van der Waals surface area (Å²) in [6, 6.07) is 13.4. The minimum Gasteiger partial charge on any atom is -0.457 e. The Bertz CT molecular complexity index is 1020. The number of hydrogen-bond acceptors (Lipinski definition) is 5. The predicted octanol–water partition coefficient (Wildman–Crippen LogP) is 3.43. The van der Waals surface area contributed by atoms with Crippen molar-refractivity contribution < 1.29 is 14.3 Å². The zero-order valence-corrected chi connectivity index (χ0v) is 17.1. The van der Waals surface area contributed by atoms with E-state index >= 15 is 0 Å². The molecule has 0 unspecified atom stereocenters. The first-order valence-electron chi connectivity index (χ1n) is 10.4. The van der Waals surface area contributed by atoms with Crippen LogP contribution in [0.25, 0.3) is 0 Å². The molecule has 1 saturated heterocycles. The number of likely N-dealkylation sites (tertiary alicyclic amines) is 1. The van der Waals surface area contributed by atoms with E-state index < -0.39 is 0 Å². The van der Waals surface area contributed by atoms with Gasteiger partial charge in [-0.25, -0.2) is 4.79 Å². The molecule has 0 saturated carbocycles. The predicted molar refractivity (Wildman–Crippen MR) is 113 cm³/mol. The molecule has 2 heterocycles. The van der Waals surface area contributed by atoms with Crippen molar-refractivity contribution in [2.75, 3.05) is 25.0 Å². The number of carbonyl (C=O) groups is 2. The Hall–Kier alpha value is -3.17. The summed E-state index contributed by atoms with van der Waals surface area (Å²) in [6.45, 7) is 5.02. The molecule has 0 aliphatic carbocycles. The highest BCUT2D eigenvalue weighted by atomic mass is 16.5. The van der Waals surface area contributed by atoms with Gasteiger partial charge in [0.2, 0.25) is 5.91 Å². The summed E-state index contributed by atoms with van der Waals surface area (Å²) < 4.78 is 5.07. The molecule has 0 spiro atoms. The summed E-state index contributed by atoms with van der Waals surface area (Å²) in [6.07, 6.45) is 2.60. The number of esters is 1. The van der Waals surface area contributed by atoms with Crippen LogP contribution in [-0.2, 0) is 22.6 Å². The third-order valence-electron chi connectivity index (χ3n) is 6.04. The minimum atomic E-state index is -0.229. The quantitative estimate of drug-likeness (QED) is 0.774. The molecule has 0 aromatic heterocycles.